The van der Waals surface area contributed by atoms with E-state index in [1.165, 1.54) is 25.7 Å². The second-order valence-electron chi connectivity index (χ2n) is 7.94. The van der Waals surface area contributed by atoms with Gasteiger partial charge < -0.3 is 5.32 Å². The highest BCUT2D eigenvalue weighted by Crippen LogP contribution is 2.70. The molecule has 0 radical (unpaired) electrons. The van der Waals surface area contributed by atoms with Gasteiger partial charge in [0.1, 0.15) is 0 Å². The summed E-state index contributed by atoms with van der Waals surface area (Å²) in [6.45, 7) is 10.0. The SMILES string of the molecule is [CH2-][NH2+][C@]1(C)CC[C@H]2[C@@H]([C@H]3[C@H](C)CC[C@H]31)C2(C)C. The van der Waals surface area contributed by atoms with Crippen LogP contribution in [-0.2, 0) is 0 Å². The standard InChI is InChI=1S/C16H29N/c1-10-6-7-11-13(10)14-12(15(14,2)3)8-9-16(11,4)17-5/h10-14H,5-9,17H2,1-4H3/t10-,11-,12+,13+,14+,16-/m1/s1. The molecule has 6 atom stereocenters. The van der Waals surface area contributed by atoms with Gasteiger partial charge in [0.15, 0.2) is 0 Å². The lowest BCUT2D eigenvalue weighted by atomic mass is 9.72. The van der Waals surface area contributed by atoms with E-state index < -0.39 is 0 Å². The fourth-order valence-corrected chi connectivity index (χ4v) is 5.61. The maximum absolute atomic E-state index is 4.16. The lowest BCUT2D eigenvalue weighted by Crippen LogP contribution is -2.92. The van der Waals surface area contributed by atoms with Crippen molar-refractivity contribution in [2.75, 3.05) is 0 Å². The third-order valence-corrected chi connectivity index (χ3v) is 6.92. The van der Waals surface area contributed by atoms with Gasteiger partial charge in [-0.2, -0.15) is 7.05 Å². The number of hydrogen-bond acceptors (Lipinski definition) is 0. The van der Waals surface area contributed by atoms with Crippen molar-refractivity contribution in [1.29, 1.82) is 0 Å². The molecule has 3 rings (SSSR count). The maximum Gasteiger partial charge on any atom is 0.0726 e. The Hall–Kier alpha value is -0.0400. The number of rotatable bonds is 1. The van der Waals surface area contributed by atoms with E-state index in [4.69, 9.17) is 0 Å². The molecule has 0 unspecified atom stereocenters. The summed E-state index contributed by atoms with van der Waals surface area (Å²) in [5, 5.41) is 2.29. The maximum atomic E-state index is 4.16. The molecule has 0 amide bonds. The van der Waals surface area contributed by atoms with Crippen LogP contribution in [0.3, 0.4) is 0 Å². The highest BCUT2D eigenvalue weighted by atomic mass is 15.0. The van der Waals surface area contributed by atoms with E-state index >= 15 is 0 Å². The topological polar surface area (TPSA) is 16.6 Å². The summed E-state index contributed by atoms with van der Waals surface area (Å²) < 4.78 is 0. The van der Waals surface area contributed by atoms with Crippen LogP contribution in [0.2, 0.25) is 0 Å². The van der Waals surface area contributed by atoms with Crippen molar-refractivity contribution in [2.45, 2.75) is 58.9 Å². The third kappa shape index (κ3) is 1.47. The Bertz CT molecular complexity index is 321. The molecule has 0 spiro atoms. The zero-order valence-corrected chi connectivity index (χ0v) is 12.0. The van der Waals surface area contributed by atoms with Crippen molar-refractivity contribution >= 4 is 0 Å². The molecule has 0 saturated heterocycles. The average Bonchev–Trinajstić information content (AvgIpc) is 2.65. The summed E-state index contributed by atoms with van der Waals surface area (Å²) >= 11 is 0. The van der Waals surface area contributed by atoms with Gasteiger partial charge in [-0.05, 0) is 55.3 Å². The Kier molecular flexibility index (Phi) is 2.47. The molecule has 17 heavy (non-hydrogen) atoms. The smallest absolute Gasteiger partial charge is 0.0726 e. The highest BCUT2D eigenvalue weighted by Gasteiger charge is 2.67. The van der Waals surface area contributed by atoms with Gasteiger partial charge in [0, 0.05) is 12.3 Å². The second-order valence-corrected chi connectivity index (χ2v) is 7.94. The monoisotopic (exact) mass is 235 g/mol. The van der Waals surface area contributed by atoms with Gasteiger partial charge in [-0.1, -0.05) is 20.8 Å². The Morgan fingerprint density at radius 3 is 2.41 bits per heavy atom. The number of hydrogen-bond donors (Lipinski definition) is 1. The lowest BCUT2D eigenvalue weighted by Gasteiger charge is -2.39. The molecule has 0 aromatic heterocycles. The van der Waals surface area contributed by atoms with E-state index in [0.717, 1.165) is 29.6 Å². The molecule has 0 heterocycles. The first kappa shape index (κ1) is 12.0. The first-order chi connectivity index (χ1) is 7.92. The van der Waals surface area contributed by atoms with Crippen molar-refractivity contribution in [1.82, 2.24) is 0 Å². The molecule has 3 aliphatic carbocycles. The first-order valence-corrected chi connectivity index (χ1v) is 7.55. The van der Waals surface area contributed by atoms with Crippen molar-refractivity contribution in [3.63, 3.8) is 0 Å². The van der Waals surface area contributed by atoms with Crippen LogP contribution in [0.4, 0.5) is 0 Å². The molecule has 98 valence electrons. The predicted octanol–water partition coefficient (Wildman–Crippen LogP) is 2.83. The minimum atomic E-state index is 0.429. The lowest BCUT2D eigenvalue weighted by molar-refractivity contribution is -0.683. The van der Waals surface area contributed by atoms with Gasteiger partial charge in [-0.15, -0.1) is 0 Å². The van der Waals surface area contributed by atoms with Crippen LogP contribution >= 0.6 is 0 Å². The number of fused-ring (bicyclic) bond motifs is 3. The Morgan fingerprint density at radius 2 is 1.76 bits per heavy atom. The zero-order valence-electron chi connectivity index (χ0n) is 12.0. The molecule has 0 aromatic carbocycles. The van der Waals surface area contributed by atoms with Gasteiger partial charge in [0.25, 0.3) is 0 Å². The molecular formula is C16H29N. The number of quaternary nitrogens is 1. The van der Waals surface area contributed by atoms with E-state index in [9.17, 15) is 0 Å². The van der Waals surface area contributed by atoms with E-state index in [1.807, 2.05) is 0 Å². The average molecular weight is 235 g/mol. The van der Waals surface area contributed by atoms with Crippen molar-refractivity contribution in [3.8, 4) is 0 Å². The van der Waals surface area contributed by atoms with Crippen molar-refractivity contribution < 1.29 is 5.32 Å². The zero-order chi connectivity index (χ0) is 12.4. The van der Waals surface area contributed by atoms with E-state index in [-0.39, 0.29) is 0 Å². The van der Waals surface area contributed by atoms with E-state index in [2.05, 4.69) is 40.1 Å². The minimum absolute atomic E-state index is 0.429. The van der Waals surface area contributed by atoms with E-state index in [1.54, 1.807) is 0 Å². The van der Waals surface area contributed by atoms with Crippen LogP contribution in [0.15, 0.2) is 0 Å². The van der Waals surface area contributed by atoms with Crippen LogP contribution < -0.4 is 5.32 Å². The largest absolute Gasteiger partial charge is 0.474 e. The third-order valence-electron chi connectivity index (χ3n) is 6.92. The fraction of sp³-hybridized carbons (Fsp3) is 0.938. The molecule has 3 aliphatic rings. The Morgan fingerprint density at radius 1 is 1.06 bits per heavy atom. The van der Waals surface area contributed by atoms with Gasteiger partial charge in [-0.25, -0.2) is 0 Å². The summed E-state index contributed by atoms with van der Waals surface area (Å²) in [6.07, 6.45) is 5.74. The summed E-state index contributed by atoms with van der Waals surface area (Å²) in [5.41, 5.74) is 1.07. The molecule has 1 heteroatoms. The number of nitrogens with two attached hydrogens (primary N) is 1. The second kappa shape index (κ2) is 3.50. The molecule has 0 aliphatic heterocycles. The van der Waals surface area contributed by atoms with Gasteiger partial charge in [0.05, 0.1) is 5.54 Å². The predicted molar refractivity (Wildman–Crippen MR) is 71.1 cm³/mol. The summed E-state index contributed by atoms with van der Waals surface area (Å²) in [4.78, 5) is 0. The molecule has 0 bridgehead atoms. The highest BCUT2D eigenvalue weighted by molar-refractivity contribution is 5.14. The summed E-state index contributed by atoms with van der Waals surface area (Å²) in [6, 6.07) is 0. The van der Waals surface area contributed by atoms with Gasteiger partial charge >= 0.3 is 0 Å². The quantitative estimate of drug-likeness (QED) is 0.673. The van der Waals surface area contributed by atoms with Gasteiger partial charge in [0.2, 0.25) is 0 Å². The van der Waals surface area contributed by atoms with Crippen LogP contribution in [0.1, 0.15) is 53.4 Å². The molecule has 3 saturated carbocycles. The van der Waals surface area contributed by atoms with Crippen molar-refractivity contribution in [3.05, 3.63) is 7.05 Å². The minimum Gasteiger partial charge on any atom is -0.474 e. The van der Waals surface area contributed by atoms with Crippen LogP contribution in [0.25, 0.3) is 0 Å². The normalized spacial score (nSPS) is 55.9. The molecule has 0 aromatic rings. The van der Waals surface area contributed by atoms with Crippen LogP contribution in [0.5, 0.6) is 0 Å². The van der Waals surface area contributed by atoms with Crippen LogP contribution in [-0.4, -0.2) is 5.54 Å². The molecule has 1 nitrogen and oxygen atoms in total. The molecule has 3 fully saturated rings. The summed E-state index contributed by atoms with van der Waals surface area (Å²) in [7, 11) is 4.16. The Labute approximate surface area is 107 Å². The van der Waals surface area contributed by atoms with Crippen LogP contribution in [0, 0.1) is 42.1 Å². The van der Waals surface area contributed by atoms with E-state index in [0.29, 0.717) is 11.0 Å². The molecule has 2 N–H and O–H groups in total. The first-order valence-electron chi connectivity index (χ1n) is 7.55. The molecular weight excluding hydrogens is 206 g/mol. The van der Waals surface area contributed by atoms with Crippen molar-refractivity contribution in [2.24, 2.45) is 35.0 Å². The Balaban J connectivity index is 1.94. The fourth-order valence-electron chi connectivity index (χ4n) is 5.61. The summed E-state index contributed by atoms with van der Waals surface area (Å²) in [5.74, 6) is 4.89. The van der Waals surface area contributed by atoms with Gasteiger partial charge in [-0.3, -0.25) is 0 Å².